The predicted octanol–water partition coefficient (Wildman–Crippen LogP) is 0.508. The van der Waals surface area contributed by atoms with E-state index >= 15 is 0 Å². The van der Waals surface area contributed by atoms with Gasteiger partial charge in [-0.3, -0.25) is 4.79 Å². The number of rotatable bonds is 4. The van der Waals surface area contributed by atoms with Gasteiger partial charge in [-0.05, 0) is 12.1 Å². The van der Waals surface area contributed by atoms with Crippen LogP contribution < -0.4 is 15.8 Å². The molecular formula is C11H13N5O2. The summed E-state index contributed by atoms with van der Waals surface area (Å²) in [4.78, 5) is 11.7. The van der Waals surface area contributed by atoms with Gasteiger partial charge in [0, 0.05) is 18.0 Å². The van der Waals surface area contributed by atoms with Gasteiger partial charge in [0.2, 0.25) is 5.91 Å². The summed E-state index contributed by atoms with van der Waals surface area (Å²) in [6.45, 7) is 0.104. The topological polar surface area (TPSA) is 95.1 Å². The standard InChI is InChI=1S/C11H13N5O2/c1-18-10-6-8(2-3-9(10)12)14-11(17)7-16-5-4-13-15-16/h2-6H,7,12H2,1H3,(H,14,17). The van der Waals surface area contributed by atoms with Crippen LogP contribution in [0.15, 0.2) is 30.6 Å². The van der Waals surface area contributed by atoms with E-state index in [4.69, 9.17) is 10.5 Å². The SMILES string of the molecule is COc1cc(NC(=O)Cn2ccnn2)ccc1N. The lowest BCUT2D eigenvalue weighted by Crippen LogP contribution is -2.19. The Kier molecular flexibility index (Phi) is 3.42. The average molecular weight is 247 g/mol. The quantitative estimate of drug-likeness (QED) is 0.767. The highest BCUT2D eigenvalue weighted by atomic mass is 16.5. The summed E-state index contributed by atoms with van der Waals surface area (Å²) in [7, 11) is 1.52. The van der Waals surface area contributed by atoms with Gasteiger partial charge in [-0.15, -0.1) is 5.10 Å². The maximum Gasteiger partial charge on any atom is 0.246 e. The van der Waals surface area contributed by atoms with E-state index in [1.54, 1.807) is 24.4 Å². The Bertz CT molecular complexity index is 538. The van der Waals surface area contributed by atoms with Crippen LogP contribution in [-0.2, 0) is 11.3 Å². The lowest BCUT2D eigenvalue weighted by molar-refractivity contribution is -0.116. The highest BCUT2D eigenvalue weighted by molar-refractivity contribution is 5.91. The van der Waals surface area contributed by atoms with Gasteiger partial charge in [-0.1, -0.05) is 5.21 Å². The van der Waals surface area contributed by atoms with Crippen LogP contribution in [0.3, 0.4) is 0 Å². The molecule has 0 aliphatic carbocycles. The minimum atomic E-state index is -0.202. The molecular weight excluding hydrogens is 234 g/mol. The minimum absolute atomic E-state index is 0.104. The predicted molar refractivity (Wildman–Crippen MR) is 66.1 cm³/mol. The number of aromatic nitrogens is 3. The Morgan fingerprint density at radius 2 is 2.39 bits per heavy atom. The first kappa shape index (κ1) is 11.9. The van der Waals surface area contributed by atoms with Gasteiger partial charge >= 0.3 is 0 Å². The summed E-state index contributed by atoms with van der Waals surface area (Å²) in [5.41, 5.74) is 6.82. The Labute approximate surface area is 104 Å². The molecule has 18 heavy (non-hydrogen) atoms. The van der Waals surface area contributed by atoms with E-state index in [1.807, 2.05) is 0 Å². The molecule has 0 bridgehead atoms. The Morgan fingerprint density at radius 3 is 3.06 bits per heavy atom. The third-order valence-corrected chi connectivity index (χ3v) is 2.29. The van der Waals surface area contributed by atoms with Gasteiger partial charge in [0.25, 0.3) is 0 Å². The number of hydrogen-bond donors (Lipinski definition) is 2. The second-order valence-electron chi connectivity index (χ2n) is 3.61. The van der Waals surface area contributed by atoms with Gasteiger partial charge in [0.05, 0.1) is 19.0 Å². The maximum absolute atomic E-state index is 11.7. The van der Waals surface area contributed by atoms with Gasteiger partial charge in [-0.25, -0.2) is 4.68 Å². The second-order valence-corrected chi connectivity index (χ2v) is 3.61. The summed E-state index contributed by atoms with van der Waals surface area (Å²) in [6, 6.07) is 5.04. The zero-order valence-corrected chi connectivity index (χ0v) is 9.83. The summed E-state index contributed by atoms with van der Waals surface area (Å²) in [5.74, 6) is 0.320. The molecule has 94 valence electrons. The van der Waals surface area contributed by atoms with Crippen LogP contribution in [0.25, 0.3) is 0 Å². The van der Waals surface area contributed by atoms with Crippen LogP contribution in [0, 0.1) is 0 Å². The van der Waals surface area contributed by atoms with Crippen molar-refractivity contribution >= 4 is 17.3 Å². The Hall–Kier alpha value is -2.57. The van der Waals surface area contributed by atoms with E-state index in [9.17, 15) is 4.79 Å². The van der Waals surface area contributed by atoms with Crippen molar-refractivity contribution < 1.29 is 9.53 Å². The molecule has 1 heterocycles. The van der Waals surface area contributed by atoms with Crippen molar-refractivity contribution in [3.8, 4) is 5.75 Å². The molecule has 0 fully saturated rings. The summed E-state index contributed by atoms with van der Waals surface area (Å²) in [5, 5.41) is 10.0. The number of nitrogens with two attached hydrogens (primary N) is 1. The molecule has 0 radical (unpaired) electrons. The van der Waals surface area contributed by atoms with Crippen LogP contribution in [0.5, 0.6) is 5.75 Å². The van der Waals surface area contributed by atoms with Crippen LogP contribution in [0.1, 0.15) is 0 Å². The smallest absolute Gasteiger partial charge is 0.246 e. The van der Waals surface area contributed by atoms with Crippen molar-refractivity contribution in [2.45, 2.75) is 6.54 Å². The van der Waals surface area contributed by atoms with Crippen molar-refractivity contribution in [3.05, 3.63) is 30.6 Å². The van der Waals surface area contributed by atoms with Crippen LogP contribution in [0.2, 0.25) is 0 Å². The Balaban J connectivity index is 2.03. The van der Waals surface area contributed by atoms with E-state index in [0.29, 0.717) is 17.1 Å². The number of nitrogens with one attached hydrogen (secondary N) is 1. The van der Waals surface area contributed by atoms with E-state index in [0.717, 1.165) is 0 Å². The molecule has 0 saturated heterocycles. The van der Waals surface area contributed by atoms with E-state index in [1.165, 1.54) is 18.0 Å². The third-order valence-electron chi connectivity index (χ3n) is 2.29. The molecule has 2 aromatic rings. The number of ether oxygens (including phenoxy) is 1. The maximum atomic E-state index is 11.7. The molecule has 3 N–H and O–H groups in total. The number of carbonyl (C=O) groups excluding carboxylic acids is 1. The number of amides is 1. The fourth-order valence-corrected chi connectivity index (χ4v) is 1.45. The molecule has 1 aromatic heterocycles. The summed E-state index contributed by atoms with van der Waals surface area (Å²) >= 11 is 0. The molecule has 0 unspecified atom stereocenters. The van der Waals surface area contributed by atoms with Gasteiger partial charge < -0.3 is 15.8 Å². The molecule has 1 aromatic carbocycles. The minimum Gasteiger partial charge on any atom is -0.495 e. The Morgan fingerprint density at radius 1 is 1.56 bits per heavy atom. The molecule has 1 amide bonds. The molecule has 0 aliphatic heterocycles. The fraction of sp³-hybridized carbons (Fsp3) is 0.182. The zero-order chi connectivity index (χ0) is 13.0. The third kappa shape index (κ3) is 2.76. The molecule has 0 spiro atoms. The van der Waals surface area contributed by atoms with Crippen LogP contribution in [-0.4, -0.2) is 28.0 Å². The van der Waals surface area contributed by atoms with Gasteiger partial charge in [0.1, 0.15) is 12.3 Å². The van der Waals surface area contributed by atoms with E-state index in [2.05, 4.69) is 15.6 Å². The average Bonchev–Trinajstić information content (AvgIpc) is 2.84. The number of nitrogens with zero attached hydrogens (tertiary/aromatic N) is 3. The largest absolute Gasteiger partial charge is 0.495 e. The van der Waals surface area contributed by atoms with Crippen molar-refractivity contribution in [2.24, 2.45) is 0 Å². The molecule has 0 atom stereocenters. The number of methoxy groups -OCH3 is 1. The van der Waals surface area contributed by atoms with Crippen molar-refractivity contribution in [1.29, 1.82) is 0 Å². The zero-order valence-electron chi connectivity index (χ0n) is 9.83. The summed E-state index contributed by atoms with van der Waals surface area (Å²) < 4.78 is 6.50. The first-order chi connectivity index (χ1) is 8.69. The number of anilines is 2. The first-order valence-corrected chi connectivity index (χ1v) is 5.26. The lowest BCUT2D eigenvalue weighted by Gasteiger charge is -2.08. The number of hydrogen-bond acceptors (Lipinski definition) is 5. The number of carbonyl (C=O) groups is 1. The number of nitrogen functional groups attached to an aromatic ring is 1. The first-order valence-electron chi connectivity index (χ1n) is 5.26. The monoisotopic (exact) mass is 247 g/mol. The molecule has 2 rings (SSSR count). The highest BCUT2D eigenvalue weighted by Crippen LogP contribution is 2.24. The fourth-order valence-electron chi connectivity index (χ4n) is 1.45. The summed E-state index contributed by atoms with van der Waals surface area (Å²) in [6.07, 6.45) is 3.13. The van der Waals surface area contributed by atoms with Crippen molar-refractivity contribution in [3.63, 3.8) is 0 Å². The molecule has 7 heteroatoms. The normalized spacial score (nSPS) is 10.1. The number of benzene rings is 1. The van der Waals surface area contributed by atoms with Crippen LogP contribution in [0.4, 0.5) is 11.4 Å². The molecule has 0 saturated carbocycles. The molecule has 0 aliphatic rings. The van der Waals surface area contributed by atoms with Crippen LogP contribution >= 0.6 is 0 Å². The molecule has 7 nitrogen and oxygen atoms in total. The second kappa shape index (κ2) is 5.17. The van der Waals surface area contributed by atoms with E-state index < -0.39 is 0 Å². The van der Waals surface area contributed by atoms with E-state index in [-0.39, 0.29) is 12.5 Å². The van der Waals surface area contributed by atoms with Gasteiger partial charge in [0.15, 0.2) is 0 Å². The van der Waals surface area contributed by atoms with Crippen molar-refractivity contribution in [2.75, 3.05) is 18.2 Å². The lowest BCUT2D eigenvalue weighted by atomic mass is 10.2. The van der Waals surface area contributed by atoms with Gasteiger partial charge in [-0.2, -0.15) is 0 Å². The van der Waals surface area contributed by atoms with Crippen molar-refractivity contribution in [1.82, 2.24) is 15.0 Å². The highest BCUT2D eigenvalue weighted by Gasteiger charge is 2.06.